The lowest BCUT2D eigenvalue weighted by Crippen LogP contribution is -2.78. The fourth-order valence-electron chi connectivity index (χ4n) is 13.2. The van der Waals surface area contributed by atoms with Crippen LogP contribution in [0.2, 0.25) is 0 Å². The quantitative estimate of drug-likeness (QED) is 0.140. The molecule has 1 heterocycles. The summed E-state index contributed by atoms with van der Waals surface area (Å²) in [6.45, 7) is -0.494. The average molecular weight is 676 g/mol. The minimum atomic E-state index is -1.79. The first-order valence-corrected chi connectivity index (χ1v) is 18.2. The highest BCUT2D eigenvalue weighted by atomic mass is 16.5. The lowest BCUT2D eigenvalue weighted by atomic mass is 9.37. The van der Waals surface area contributed by atoms with E-state index in [1.165, 1.54) is 6.08 Å². The third-order valence-electron chi connectivity index (χ3n) is 15.3. The Kier molecular flexibility index (Phi) is 7.65. The highest BCUT2D eigenvalue weighted by molar-refractivity contribution is 5.87. The maximum absolute atomic E-state index is 13.6. The van der Waals surface area contributed by atoms with Crippen molar-refractivity contribution in [1.82, 2.24) is 5.32 Å². The normalized spacial score (nSPS) is 48.1. The van der Waals surface area contributed by atoms with Gasteiger partial charge in [0.2, 0.25) is 0 Å². The Morgan fingerprint density at radius 2 is 1.88 bits per heavy atom. The Labute approximate surface area is 286 Å². The first-order chi connectivity index (χ1) is 23.4. The molecule has 12 atom stereocenters. The summed E-state index contributed by atoms with van der Waals surface area (Å²) in [5, 5.41) is 74.9. The van der Waals surface area contributed by atoms with Crippen LogP contribution < -0.4 is 5.32 Å². The van der Waals surface area contributed by atoms with E-state index in [-0.39, 0.29) is 63.2 Å². The van der Waals surface area contributed by atoms with Gasteiger partial charge in [-0.25, -0.2) is 4.79 Å². The van der Waals surface area contributed by atoms with Crippen molar-refractivity contribution in [2.45, 2.75) is 119 Å². The molecule has 9 rings (SSSR count). The molecule has 49 heavy (non-hydrogen) atoms. The molecule has 0 radical (unpaired) electrons. The molecule has 5 saturated carbocycles. The maximum Gasteiger partial charge on any atom is 0.331 e. The number of rotatable bonds is 4. The predicted molar refractivity (Wildman–Crippen MR) is 176 cm³/mol. The largest absolute Gasteiger partial charge is 0.454 e. The van der Waals surface area contributed by atoms with E-state index >= 15 is 0 Å². The van der Waals surface area contributed by atoms with Gasteiger partial charge in [0.15, 0.2) is 0 Å². The van der Waals surface area contributed by atoms with Crippen LogP contribution in [-0.4, -0.2) is 91.6 Å². The summed E-state index contributed by atoms with van der Waals surface area (Å²) in [6.07, 6.45) is 4.02. The van der Waals surface area contributed by atoms with Gasteiger partial charge >= 0.3 is 5.97 Å². The Hall–Kier alpha value is -2.62. The van der Waals surface area contributed by atoms with Crippen LogP contribution in [0.1, 0.15) is 87.3 Å². The number of aliphatic hydroxyl groups excluding tert-OH is 3. The number of esters is 1. The molecule has 0 amide bonds. The zero-order valence-corrected chi connectivity index (χ0v) is 28.2. The summed E-state index contributed by atoms with van der Waals surface area (Å²) in [5.74, 6) is 4.86. The second-order valence-electron chi connectivity index (χ2n) is 16.4. The summed E-state index contributed by atoms with van der Waals surface area (Å²) in [5.41, 5.74) is -5.47. The number of hydrogen-bond acceptors (Lipinski definition) is 10. The second kappa shape index (κ2) is 11.2. The Bertz CT molecular complexity index is 1670. The summed E-state index contributed by atoms with van der Waals surface area (Å²) in [4.78, 5) is 26.5. The van der Waals surface area contributed by atoms with Gasteiger partial charge < -0.3 is 45.5 Å². The first kappa shape index (κ1) is 33.5. The molecule has 7 aliphatic carbocycles. The van der Waals surface area contributed by atoms with Crippen molar-refractivity contribution in [3.05, 3.63) is 46.5 Å². The minimum absolute atomic E-state index is 0.0341. The second-order valence-corrected chi connectivity index (χ2v) is 16.4. The summed E-state index contributed by atoms with van der Waals surface area (Å²) in [6, 6.07) is 5.50. The van der Waals surface area contributed by atoms with Crippen LogP contribution in [0.5, 0.6) is 0 Å². The van der Waals surface area contributed by atoms with E-state index in [1.807, 2.05) is 25.2 Å². The Morgan fingerprint density at radius 1 is 1.06 bits per heavy atom. The van der Waals surface area contributed by atoms with Crippen LogP contribution in [0, 0.1) is 45.8 Å². The summed E-state index contributed by atoms with van der Waals surface area (Å²) >= 11 is 0. The monoisotopic (exact) mass is 675 g/mol. The summed E-state index contributed by atoms with van der Waals surface area (Å²) < 4.78 is 6.12. The van der Waals surface area contributed by atoms with E-state index in [2.05, 4.69) is 17.2 Å². The van der Waals surface area contributed by atoms with Crippen molar-refractivity contribution in [3.63, 3.8) is 0 Å². The molecular weight excluding hydrogens is 626 g/mol. The number of nitrogens with one attached hydrogen (secondary N) is 1. The van der Waals surface area contributed by atoms with Gasteiger partial charge in [0.1, 0.15) is 18.0 Å². The number of ether oxygens (including phenoxy) is 1. The van der Waals surface area contributed by atoms with Crippen LogP contribution in [0.4, 0.5) is 0 Å². The minimum Gasteiger partial charge on any atom is -0.454 e. The molecule has 1 aromatic rings. The lowest BCUT2D eigenvalue weighted by molar-refractivity contribution is -0.325. The van der Waals surface area contributed by atoms with Crippen molar-refractivity contribution in [2.75, 3.05) is 13.7 Å². The zero-order chi connectivity index (χ0) is 34.6. The summed E-state index contributed by atoms with van der Waals surface area (Å²) in [7, 11) is 1.86. The molecule has 0 aromatic heterocycles. The van der Waals surface area contributed by atoms with E-state index < -0.39 is 57.1 Å². The van der Waals surface area contributed by atoms with Gasteiger partial charge in [-0.15, -0.1) is 0 Å². The molecule has 7 N–H and O–H groups in total. The molecule has 4 bridgehead atoms. The lowest BCUT2D eigenvalue weighted by Gasteiger charge is -2.70. The molecule has 8 aliphatic rings. The molecule has 264 valence electrons. The highest BCUT2D eigenvalue weighted by Gasteiger charge is 2.84. The zero-order valence-electron chi connectivity index (χ0n) is 28.2. The molecule has 1 aromatic carbocycles. The SMILES string of the molecule is CN[C@H]1Cc2c(cccc2CO)C#CCC[C@]23CC[C@H]4[C@@](O)(CC[C@]5(O)C[C@@H](O)CC[C@]45C=O)[C@@]2(O)C[C@@H]2C[C@H]1[C@H]1OC(=O)C=C1[C@@]23CO. The third kappa shape index (κ3) is 3.99. The number of carbonyl (C=O) groups is 2. The van der Waals surface area contributed by atoms with Crippen molar-refractivity contribution < 1.29 is 45.0 Å². The van der Waals surface area contributed by atoms with Gasteiger partial charge in [0, 0.05) is 53.2 Å². The fourth-order valence-corrected chi connectivity index (χ4v) is 13.2. The van der Waals surface area contributed by atoms with Crippen molar-refractivity contribution in [2.24, 2.45) is 34.0 Å². The Balaban J connectivity index is 1.34. The molecule has 1 aliphatic heterocycles. The van der Waals surface area contributed by atoms with Gasteiger partial charge in [0.05, 0.1) is 35.9 Å². The van der Waals surface area contributed by atoms with Crippen LogP contribution >= 0.6 is 0 Å². The van der Waals surface area contributed by atoms with Gasteiger partial charge in [-0.1, -0.05) is 24.0 Å². The van der Waals surface area contributed by atoms with Gasteiger partial charge in [0.25, 0.3) is 0 Å². The van der Waals surface area contributed by atoms with Gasteiger partial charge in [-0.3, -0.25) is 0 Å². The fraction of sp³-hybridized carbons (Fsp3) is 0.692. The number of benzene rings is 1. The van der Waals surface area contributed by atoms with Crippen LogP contribution in [0.15, 0.2) is 29.8 Å². The van der Waals surface area contributed by atoms with E-state index in [1.54, 1.807) is 0 Å². The van der Waals surface area contributed by atoms with Crippen LogP contribution in [0.25, 0.3) is 0 Å². The van der Waals surface area contributed by atoms with Crippen molar-refractivity contribution in [3.8, 4) is 11.8 Å². The molecule has 10 heteroatoms. The number of aldehydes is 1. The van der Waals surface area contributed by atoms with Crippen molar-refractivity contribution >= 4 is 12.3 Å². The first-order valence-electron chi connectivity index (χ1n) is 18.2. The smallest absolute Gasteiger partial charge is 0.331 e. The molecular formula is C39H49NO9. The van der Waals surface area contributed by atoms with E-state index in [0.717, 1.165) is 23.0 Å². The topological polar surface area (TPSA) is 177 Å². The van der Waals surface area contributed by atoms with Crippen LogP contribution in [-0.2, 0) is 27.4 Å². The van der Waals surface area contributed by atoms with Crippen molar-refractivity contribution in [1.29, 1.82) is 0 Å². The molecule has 0 saturated heterocycles. The van der Waals surface area contributed by atoms with E-state index in [9.17, 15) is 40.2 Å². The van der Waals surface area contributed by atoms with Gasteiger partial charge in [-0.2, -0.15) is 0 Å². The van der Waals surface area contributed by atoms with Gasteiger partial charge in [-0.05, 0) is 99.9 Å². The standard InChI is InChI=1S/C39H49NO9/c1-40-30-16-27-23(6-4-7-24(27)20-41)5-2-3-10-35-12-9-31-34(21-42)11-8-26(44)19-36(34,46)13-14-38(31,47)39(35,48)18-25-15-28(30)33-29(17-32(45)49-33)37(25,35)22-43/h4,6-7,17,21,25-26,28,30-31,33,40-41,43-44,46-48H,3,8-16,18-20,22H2,1H3/t25-,26-,28+,30-,31+,33+,34-,35+,36-,37+,38-,39+/m0/s1. The molecule has 1 spiro atoms. The number of carbonyl (C=O) groups excluding carboxylic acids is 2. The highest BCUT2D eigenvalue weighted by Crippen LogP contribution is 2.79. The van der Waals surface area contributed by atoms with Crippen LogP contribution in [0.3, 0.4) is 0 Å². The average Bonchev–Trinajstić information content (AvgIpc) is 3.59. The maximum atomic E-state index is 13.6. The number of hydrogen-bond donors (Lipinski definition) is 7. The molecule has 5 fully saturated rings. The number of aliphatic hydroxyl groups is 6. The Morgan fingerprint density at radius 3 is 2.61 bits per heavy atom. The number of likely N-dealkylation sites (N-methyl/N-ethyl adjacent to an activating group) is 1. The number of fused-ring (bicyclic) bond motifs is 7. The predicted octanol–water partition coefficient (Wildman–Crippen LogP) is 1.44. The van der Waals surface area contributed by atoms with E-state index in [0.29, 0.717) is 50.5 Å². The van der Waals surface area contributed by atoms with E-state index in [4.69, 9.17) is 4.74 Å². The molecule has 10 nitrogen and oxygen atoms in total. The molecule has 0 unspecified atom stereocenters. The third-order valence-corrected chi connectivity index (χ3v) is 15.3.